The van der Waals surface area contributed by atoms with Crippen molar-refractivity contribution in [2.45, 2.75) is 12.6 Å². The lowest BCUT2D eigenvalue weighted by atomic mass is 10.1. The summed E-state index contributed by atoms with van der Waals surface area (Å²) in [6.45, 7) is 0.860. The number of nitrogens with zero attached hydrogens (tertiary/aromatic N) is 2. The Kier molecular flexibility index (Phi) is 2.98. The van der Waals surface area contributed by atoms with Crippen molar-refractivity contribution in [1.29, 1.82) is 0 Å². The number of anilines is 1. The number of halogens is 3. The highest BCUT2D eigenvalue weighted by molar-refractivity contribution is 7.15. The Morgan fingerprint density at radius 1 is 1.59 bits per heavy atom. The van der Waals surface area contributed by atoms with Crippen LogP contribution in [0.1, 0.15) is 11.3 Å². The van der Waals surface area contributed by atoms with Gasteiger partial charge in [-0.15, -0.1) is 0 Å². The fraction of sp³-hybridized carbons (Fsp3) is 0.556. The fourth-order valence-corrected chi connectivity index (χ4v) is 2.53. The third-order valence-electron chi connectivity index (χ3n) is 2.63. The van der Waals surface area contributed by atoms with Crippen LogP contribution in [0.5, 0.6) is 0 Å². The van der Waals surface area contributed by atoms with Crippen molar-refractivity contribution < 1.29 is 18.0 Å². The molecule has 1 saturated heterocycles. The summed E-state index contributed by atoms with van der Waals surface area (Å²) < 4.78 is 37.1. The number of hydrogen-bond donors (Lipinski definition) is 1. The highest BCUT2D eigenvalue weighted by Crippen LogP contribution is 2.37. The van der Waals surface area contributed by atoms with Crippen LogP contribution in [0.3, 0.4) is 0 Å². The van der Waals surface area contributed by atoms with E-state index in [0.29, 0.717) is 36.0 Å². The summed E-state index contributed by atoms with van der Waals surface area (Å²) in [6.07, 6.45) is -2.98. The molecule has 8 heteroatoms. The SMILES string of the molecule is NC(=O)C1CCN(c2ncc(C(F)(F)F)s2)C1. The third-order valence-corrected chi connectivity index (χ3v) is 3.74. The molecular weight excluding hydrogens is 255 g/mol. The van der Waals surface area contributed by atoms with E-state index in [-0.39, 0.29) is 5.92 Å². The number of hydrogen-bond acceptors (Lipinski definition) is 4. The molecule has 0 aliphatic carbocycles. The van der Waals surface area contributed by atoms with Crippen LogP contribution in [0.4, 0.5) is 18.3 Å². The van der Waals surface area contributed by atoms with E-state index in [2.05, 4.69) is 4.98 Å². The van der Waals surface area contributed by atoms with E-state index < -0.39 is 17.0 Å². The summed E-state index contributed by atoms with van der Waals surface area (Å²) in [5.74, 6) is -0.715. The van der Waals surface area contributed by atoms with Gasteiger partial charge in [0.2, 0.25) is 5.91 Å². The smallest absolute Gasteiger partial charge is 0.369 e. The summed E-state index contributed by atoms with van der Waals surface area (Å²) in [6, 6.07) is 0. The number of carbonyl (C=O) groups excluding carboxylic acids is 1. The van der Waals surface area contributed by atoms with Crippen LogP contribution in [0.25, 0.3) is 0 Å². The van der Waals surface area contributed by atoms with E-state index in [9.17, 15) is 18.0 Å². The van der Waals surface area contributed by atoms with Crippen LogP contribution < -0.4 is 10.6 Å². The first-order chi connectivity index (χ1) is 7.88. The summed E-state index contributed by atoms with van der Waals surface area (Å²) in [5.41, 5.74) is 5.15. The van der Waals surface area contributed by atoms with Crippen molar-refractivity contribution in [3.63, 3.8) is 0 Å². The average Bonchev–Trinajstić information content (AvgIpc) is 2.85. The Labute approximate surface area is 99.2 Å². The zero-order chi connectivity index (χ0) is 12.6. The molecule has 2 rings (SSSR count). The molecule has 1 aliphatic heterocycles. The van der Waals surface area contributed by atoms with Gasteiger partial charge in [0.05, 0.1) is 12.1 Å². The molecule has 94 valence electrons. The number of thiazole rings is 1. The van der Waals surface area contributed by atoms with E-state index >= 15 is 0 Å². The predicted molar refractivity (Wildman–Crippen MR) is 56.6 cm³/mol. The minimum Gasteiger partial charge on any atom is -0.369 e. The molecular formula is C9H10F3N3OS. The minimum absolute atomic E-state index is 0.293. The number of alkyl halides is 3. The molecule has 1 aliphatic rings. The van der Waals surface area contributed by atoms with Crippen LogP contribution in [0.2, 0.25) is 0 Å². The Bertz CT molecular complexity index is 431. The molecule has 1 atom stereocenters. The Morgan fingerprint density at radius 3 is 2.76 bits per heavy atom. The van der Waals surface area contributed by atoms with Crippen molar-refractivity contribution in [1.82, 2.24) is 4.98 Å². The quantitative estimate of drug-likeness (QED) is 0.881. The molecule has 0 saturated carbocycles. The molecule has 1 amide bonds. The van der Waals surface area contributed by atoms with Gasteiger partial charge in [-0.3, -0.25) is 4.79 Å². The molecule has 1 aromatic rings. The van der Waals surface area contributed by atoms with Crippen LogP contribution in [-0.4, -0.2) is 24.0 Å². The lowest BCUT2D eigenvalue weighted by Crippen LogP contribution is -2.27. The number of carbonyl (C=O) groups is 1. The molecule has 0 aromatic carbocycles. The lowest BCUT2D eigenvalue weighted by Gasteiger charge is -2.13. The van der Waals surface area contributed by atoms with Gasteiger partial charge in [0, 0.05) is 13.1 Å². The van der Waals surface area contributed by atoms with E-state index in [1.54, 1.807) is 4.90 Å². The van der Waals surface area contributed by atoms with Gasteiger partial charge in [-0.1, -0.05) is 11.3 Å². The van der Waals surface area contributed by atoms with Gasteiger partial charge in [-0.2, -0.15) is 13.2 Å². The van der Waals surface area contributed by atoms with Gasteiger partial charge in [-0.25, -0.2) is 4.98 Å². The second kappa shape index (κ2) is 4.17. The van der Waals surface area contributed by atoms with E-state index in [1.807, 2.05) is 0 Å². The normalized spacial score (nSPS) is 20.9. The van der Waals surface area contributed by atoms with Crippen LogP contribution in [-0.2, 0) is 11.0 Å². The Morgan fingerprint density at radius 2 is 2.29 bits per heavy atom. The van der Waals surface area contributed by atoms with Crippen molar-refractivity contribution in [2.24, 2.45) is 11.7 Å². The van der Waals surface area contributed by atoms with Gasteiger partial charge in [0.15, 0.2) is 5.13 Å². The van der Waals surface area contributed by atoms with Crippen LogP contribution >= 0.6 is 11.3 Å². The third kappa shape index (κ3) is 2.51. The maximum absolute atomic E-state index is 12.4. The first-order valence-corrected chi connectivity index (χ1v) is 5.77. The molecule has 17 heavy (non-hydrogen) atoms. The maximum Gasteiger partial charge on any atom is 0.427 e. The van der Waals surface area contributed by atoms with Crippen molar-refractivity contribution >= 4 is 22.4 Å². The molecule has 1 unspecified atom stereocenters. The molecule has 1 fully saturated rings. The largest absolute Gasteiger partial charge is 0.427 e. The van der Waals surface area contributed by atoms with E-state index in [0.717, 1.165) is 6.20 Å². The molecule has 4 nitrogen and oxygen atoms in total. The average molecular weight is 265 g/mol. The van der Waals surface area contributed by atoms with Gasteiger partial charge >= 0.3 is 6.18 Å². The van der Waals surface area contributed by atoms with Crippen molar-refractivity contribution in [3.8, 4) is 0 Å². The Balaban J connectivity index is 2.10. The number of amides is 1. The van der Waals surface area contributed by atoms with Crippen LogP contribution in [0.15, 0.2) is 6.20 Å². The van der Waals surface area contributed by atoms with Gasteiger partial charge < -0.3 is 10.6 Å². The van der Waals surface area contributed by atoms with Crippen molar-refractivity contribution in [2.75, 3.05) is 18.0 Å². The maximum atomic E-state index is 12.4. The second-order valence-corrected chi connectivity index (χ2v) is 4.85. The predicted octanol–water partition coefficient (Wildman–Crippen LogP) is 1.47. The summed E-state index contributed by atoms with van der Waals surface area (Å²) in [5, 5.41) is 0.293. The van der Waals surface area contributed by atoms with Gasteiger partial charge in [-0.05, 0) is 6.42 Å². The summed E-state index contributed by atoms with van der Waals surface area (Å²) in [7, 11) is 0. The summed E-state index contributed by atoms with van der Waals surface area (Å²) >= 11 is 0.589. The van der Waals surface area contributed by atoms with Crippen molar-refractivity contribution in [3.05, 3.63) is 11.1 Å². The number of aromatic nitrogens is 1. The molecule has 0 radical (unpaired) electrons. The van der Waals surface area contributed by atoms with E-state index in [4.69, 9.17) is 5.73 Å². The molecule has 1 aromatic heterocycles. The zero-order valence-electron chi connectivity index (χ0n) is 8.70. The monoisotopic (exact) mass is 265 g/mol. The van der Waals surface area contributed by atoms with Crippen LogP contribution in [0, 0.1) is 5.92 Å². The first kappa shape index (κ1) is 12.2. The zero-order valence-corrected chi connectivity index (χ0v) is 9.51. The summed E-state index contributed by atoms with van der Waals surface area (Å²) in [4.78, 5) is 15.6. The molecule has 0 spiro atoms. The standard InChI is InChI=1S/C9H10F3N3OS/c10-9(11,12)6-3-14-8(17-6)15-2-1-5(4-15)7(13)16/h3,5H,1-2,4H2,(H2,13,16). The second-order valence-electron chi connectivity index (χ2n) is 3.84. The van der Waals surface area contributed by atoms with Gasteiger partial charge in [0.1, 0.15) is 4.88 Å². The molecule has 2 N–H and O–H groups in total. The number of rotatable bonds is 2. The topological polar surface area (TPSA) is 59.2 Å². The minimum atomic E-state index is -4.36. The number of nitrogens with two attached hydrogens (primary N) is 1. The highest BCUT2D eigenvalue weighted by Gasteiger charge is 2.35. The number of primary amides is 1. The van der Waals surface area contributed by atoms with E-state index in [1.165, 1.54) is 0 Å². The molecule has 0 bridgehead atoms. The first-order valence-electron chi connectivity index (χ1n) is 4.95. The highest BCUT2D eigenvalue weighted by atomic mass is 32.1. The van der Waals surface area contributed by atoms with Gasteiger partial charge in [0.25, 0.3) is 0 Å². The lowest BCUT2D eigenvalue weighted by molar-refractivity contribution is -0.134. The Hall–Kier alpha value is -1.31. The molecule has 2 heterocycles. The fourth-order valence-electron chi connectivity index (χ4n) is 1.71.